The van der Waals surface area contributed by atoms with E-state index in [0.29, 0.717) is 16.8 Å². The predicted octanol–water partition coefficient (Wildman–Crippen LogP) is 4.18. The zero-order chi connectivity index (χ0) is 22.1. The highest BCUT2D eigenvalue weighted by molar-refractivity contribution is 9.10. The van der Waals surface area contributed by atoms with Gasteiger partial charge in [0.15, 0.2) is 11.5 Å². The van der Waals surface area contributed by atoms with Crippen LogP contribution in [-0.4, -0.2) is 34.0 Å². The summed E-state index contributed by atoms with van der Waals surface area (Å²) in [5, 5.41) is 21.0. The molecule has 4 rings (SSSR count). The van der Waals surface area contributed by atoms with Crippen molar-refractivity contribution in [3.63, 3.8) is 0 Å². The third-order valence-electron chi connectivity index (χ3n) is 5.01. The number of methoxy groups -OCH3 is 1. The molecule has 1 fully saturated rings. The van der Waals surface area contributed by atoms with E-state index in [1.807, 2.05) is 0 Å². The fourth-order valence-electron chi connectivity index (χ4n) is 3.54. The van der Waals surface area contributed by atoms with Crippen molar-refractivity contribution in [2.75, 3.05) is 12.0 Å². The van der Waals surface area contributed by atoms with E-state index in [4.69, 9.17) is 4.74 Å². The van der Waals surface area contributed by atoms with Crippen molar-refractivity contribution in [1.82, 2.24) is 4.98 Å². The number of anilines is 1. The number of carbonyl (C=O) groups is 2. The van der Waals surface area contributed by atoms with Crippen molar-refractivity contribution in [3.05, 3.63) is 88.2 Å². The molecule has 0 radical (unpaired) electrons. The molecule has 156 valence electrons. The molecule has 1 aromatic heterocycles. The minimum atomic E-state index is -0.942. The normalized spacial score (nSPS) is 17.7. The van der Waals surface area contributed by atoms with Gasteiger partial charge < -0.3 is 14.9 Å². The predicted molar refractivity (Wildman–Crippen MR) is 118 cm³/mol. The number of ether oxygens (including phenoxy) is 1. The minimum Gasteiger partial charge on any atom is -0.507 e. The van der Waals surface area contributed by atoms with Crippen molar-refractivity contribution in [1.29, 1.82) is 0 Å². The van der Waals surface area contributed by atoms with Gasteiger partial charge in [-0.15, -0.1) is 0 Å². The monoisotopic (exact) mass is 480 g/mol. The van der Waals surface area contributed by atoms with E-state index >= 15 is 0 Å². The largest absolute Gasteiger partial charge is 0.507 e. The average Bonchev–Trinajstić information content (AvgIpc) is 3.05. The van der Waals surface area contributed by atoms with Crippen LogP contribution in [-0.2, 0) is 9.59 Å². The van der Waals surface area contributed by atoms with E-state index in [2.05, 4.69) is 20.9 Å². The number of aliphatic hydroxyl groups is 1. The van der Waals surface area contributed by atoms with E-state index in [9.17, 15) is 19.8 Å². The number of aromatic nitrogens is 1. The lowest BCUT2D eigenvalue weighted by Crippen LogP contribution is -2.29. The number of halogens is 1. The molecule has 7 nitrogen and oxygen atoms in total. The van der Waals surface area contributed by atoms with Gasteiger partial charge in [0.25, 0.3) is 11.7 Å². The fraction of sp³-hybridized carbons (Fsp3) is 0.0870. The molecule has 2 N–H and O–H groups in total. The molecule has 0 bridgehead atoms. The average molecular weight is 481 g/mol. The second-order valence-electron chi connectivity index (χ2n) is 6.82. The van der Waals surface area contributed by atoms with Crippen molar-refractivity contribution in [2.45, 2.75) is 6.04 Å². The lowest BCUT2D eigenvalue weighted by molar-refractivity contribution is -0.132. The molecular weight excluding hydrogens is 464 g/mol. The summed E-state index contributed by atoms with van der Waals surface area (Å²) >= 11 is 3.34. The molecule has 0 aliphatic carbocycles. The molecule has 0 saturated carbocycles. The first-order valence-corrected chi connectivity index (χ1v) is 10.1. The number of aromatic hydroxyl groups is 1. The number of aliphatic hydroxyl groups excluding tert-OH is 1. The Balaban J connectivity index is 1.96. The van der Waals surface area contributed by atoms with Crippen molar-refractivity contribution >= 4 is 39.1 Å². The number of Topliss-reactive ketones (excluding diaryl/α,β-unsaturated/α-hetero) is 1. The Kier molecular flexibility index (Phi) is 5.48. The van der Waals surface area contributed by atoms with Gasteiger partial charge >= 0.3 is 0 Å². The number of phenolic OH excluding ortho intramolecular Hbond substituents is 1. The first-order chi connectivity index (χ1) is 14.9. The molecule has 2 heterocycles. The second-order valence-corrected chi connectivity index (χ2v) is 7.73. The summed E-state index contributed by atoms with van der Waals surface area (Å²) < 4.78 is 6.00. The molecule has 3 aromatic rings. The van der Waals surface area contributed by atoms with Crippen molar-refractivity contribution < 1.29 is 24.5 Å². The van der Waals surface area contributed by atoms with Gasteiger partial charge in [-0.3, -0.25) is 19.5 Å². The quantitative estimate of drug-likeness (QED) is 0.330. The molecule has 1 aliphatic rings. The smallest absolute Gasteiger partial charge is 0.300 e. The molecule has 1 amide bonds. The van der Waals surface area contributed by atoms with Gasteiger partial charge in [0.05, 0.1) is 30.6 Å². The van der Waals surface area contributed by atoms with E-state index in [-0.39, 0.29) is 22.8 Å². The van der Waals surface area contributed by atoms with Gasteiger partial charge in [-0.05, 0) is 42.0 Å². The van der Waals surface area contributed by atoms with Gasteiger partial charge in [0.1, 0.15) is 5.76 Å². The Morgan fingerprint density at radius 1 is 1.13 bits per heavy atom. The van der Waals surface area contributed by atoms with Crippen molar-refractivity contribution in [2.24, 2.45) is 0 Å². The van der Waals surface area contributed by atoms with Gasteiger partial charge in [0, 0.05) is 16.2 Å². The van der Waals surface area contributed by atoms with E-state index < -0.39 is 17.7 Å². The highest BCUT2D eigenvalue weighted by Gasteiger charge is 2.47. The van der Waals surface area contributed by atoms with Crippen LogP contribution in [0.5, 0.6) is 11.5 Å². The van der Waals surface area contributed by atoms with Gasteiger partial charge in [-0.25, -0.2) is 0 Å². The molecule has 0 spiro atoms. The molecule has 0 unspecified atom stereocenters. The summed E-state index contributed by atoms with van der Waals surface area (Å²) in [5.41, 5.74) is 1.21. The van der Waals surface area contributed by atoms with Crippen LogP contribution >= 0.6 is 15.9 Å². The Bertz CT molecular complexity index is 1190. The molecule has 8 heteroatoms. The number of pyridine rings is 1. The Morgan fingerprint density at radius 2 is 1.87 bits per heavy atom. The van der Waals surface area contributed by atoms with E-state index in [1.54, 1.807) is 48.7 Å². The molecule has 2 aromatic carbocycles. The van der Waals surface area contributed by atoms with Crippen LogP contribution in [0.1, 0.15) is 17.2 Å². The summed E-state index contributed by atoms with van der Waals surface area (Å²) in [5.74, 6) is -1.81. The fourth-order valence-corrected chi connectivity index (χ4v) is 3.80. The first kappa shape index (κ1) is 20.6. The molecule has 1 aliphatic heterocycles. The topological polar surface area (TPSA) is 100.0 Å². The minimum absolute atomic E-state index is 0.0658. The van der Waals surface area contributed by atoms with Crippen LogP contribution in [0.4, 0.5) is 5.69 Å². The van der Waals surface area contributed by atoms with Crippen LogP contribution in [0.15, 0.2) is 77.0 Å². The number of amides is 1. The highest BCUT2D eigenvalue weighted by atomic mass is 79.9. The summed E-state index contributed by atoms with van der Waals surface area (Å²) in [4.78, 5) is 31.4. The number of phenols is 1. The summed E-state index contributed by atoms with van der Waals surface area (Å²) in [7, 11) is 1.40. The highest BCUT2D eigenvalue weighted by Crippen LogP contribution is 2.43. The molecule has 31 heavy (non-hydrogen) atoms. The number of benzene rings is 2. The van der Waals surface area contributed by atoms with Crippen LogP contribution in [0.2, 0.25) is 0 Å². The zero-order valence-corrected chi connectivity index (χ0v) is 17.9. The SMILES string of the molecule is COc1cc([C@H]2C(=C(O)c3ccc(Br)cc3)C(=O)C(=O)N2c2cccnc2)ccc1O. The Hall–Kier alpha value is -3.65. The van der Waals surface area contributed by atoms with E-state index in [0.717, 1.165) is 4.47 Å². The van der Waals surface area contributed by atoms with Crippen LogP contribution in [0.3, 0.4) is 0 Å². The maximum absolute atomic E-state index is 13.1. The lowest BCUT2D eigenvalue weighted by Gasteiger charge is -2.25. The van der Waals surface area contributed by atoms with E-state index in [1.165, 1.54) is 30.3 Å². The number of hydrogen-bond acceptors (Lipinski definition) is 6. The number of carbonyl (C=O) groups excluding carboxylic acids is 2. The number of hydrogen-bond donors (Lipinski definition) is 2. The molecule has 1 saturated heterocycles. The standard InChI is InChI=1S/C23H17BrN2O5/c1-31-18-11-14(6-9-17(18)27)20-19(21(28)13-4-7-15(24)8-5-13)22(29)23(30)26(20)16-3-2-10-25-12-16/h2-12,20,27-28H,1H3/t20-/m0/s1. The summed E-state index contributed by atoms with van der Waals surface area (Å²) in [6.07, 6.45) is 3.02. The lowest BCUT2D eigenvalue weighted by atomic mass is 9.95. The number of ketones is 1. The number of nitrogens with zero attached hydrogens (tertiary/aromatic N) is 2. The second kappa shape index (κ2) is 8.23. The molecule has 1 atom stereocenters. The van der Waals surface area contributed by atoms with Crippen LogP contribution in [0, 0.1) is 0 Å². The zero-order valence-electron chi connectivity index (χ0n) is 16.3. The third-order valence-corrected chi connectivity index (χ3v) is 5.53. The van der Waals surface area contributed by atoms with Crippen LogP contribution < -0.4 is 9.64 Å². The summed E-state index contributed by atoms with van der Waals surface area (Å²) in [6.45, 7) is 0. The maximum Gasteiger partial charge on any atom is 0.300 e. The first-order valence-electron chi connectivity index (χ1n) is 9.26. The maximum atomic E-state index is 13.1. The summed E-state index contributed by atoms with van der Waals surface area (Å²) in [6, 6.07) is 13.6. The van der Waals surface area contributed by atoms with Crippen molar-refractivity contribution in [3.8, 4) is 11.5 Å². The Morgan fingerprint density at radius 3 is 2.52 bits per heavy atom. The molecular formula is C23H17BrN2O5. The number of rotatable bonds is 4. The van der Waals surface area contributed by atoms with Gasteiger partial charge in [0.2, 0.25) is 0 Å². The Labute approximate surface area is 186 Å². The third kappa shape index (κ3) is 3.66. The van der Waals surface area contributed by atoms with Crippen LogP contribution in [0.25, 0.3) is 5.76 Å². The van der Waals surface area contributed by atoms with Gasteiger partial charge in [-0.2, -0.15) is 0 Å². The van der Waals surface area contributed by atoms with Gasteiger partial charge in [-0.1, -0.05) is 34.1 Å².